The van der Waals surface area contributed by atoms with E-state index in [0.717, 1.165) is 0 Å². The summed E-state index contributed by atoms with van der Waals surface area (Å²) in [5.41, 5.74) is 16.7. The van der Waals surface area contributed by atoms with Crippen molar-refractivity contribution in [3.63, 3.8) is 0 Å². The first-order chi connectivity index (χ1) is 5.04. The fourth-order valence-corrected chi connectivity index (χ4v) is 0.990. The number of rotatable bonds is 0. The molecule has 0 atom stereocenters. The molecule has 4 nitrogen and oxygen atoms in total. The van der Waals surface area contributed by atoms with Gasteiger partial charge in [-0.25, -0.2) is 4.98 Å². The number of nitrogens with two attached hydrogens (primary N) is 3. The van der Waals surface area contributed by atoms with Crippen LogP contribution >= 0.6 is 23.2 Å². The van der Waals surface area contributed by atoms with Crippen molar-refractivity contribution >= 4 is 40.3 Å². The van der Waals surface area contributed by atoms with Crippen LogP contribution in [-0.2, 0) is 0 Å². The van der Waals surface area contributed by atoms with Crippen LogP contribution in [0.3, 0.4) is 0 Å². The van der Waals surface area contributed by atoms with Gasteiger partial charge in [-0.05, 0) is 0 Å². The summed E-state index contributed by atoms with van der Waals surface area (Å²) in [5.74, 6) is 0. The van der Waals surface area contributed by atoms with Gasteiger partial charge in [0, 0.05) is 0 Å². The lowest BCUT2D eigenvalue weighted by Gasteiger charge is -2.05. The van der Waals surface area contributed by atoms with Gasteiger partial charge < -0.3 is 17.2 Å². The molecule has 6 heteroatoms. The average Bonchev–Trinajstić information content (AvgIpc) is 1.97. The molecule has 0 aliphatic rings. The van der Waals surface area contributed by atoms with Crippen LogP contribution in [-0.4, -0.2) is 4.98 Å². The van der Waals surface area contributed by atoms with E-state index >= 15 is 0 Å². The van der Waals surface area contributed by atoms with E-state index in [1.54, 1.807) is 0 Å². The molecule has 0 fully saturated rings. The quantitative estimate of drug-likeness (QED) is 0.538. The molecule has 0 aromatic carbocycles. The Labute approximate surface area is 73.3 Å². The molecule has 1 rings (SSSR count). The van der Waals surface area contributed by atoms with Crippen LogP contribution < -0.4 is 17.2 Å². The first-order valence-corrected chi connectivity index (χ1v) is 3.45. The lowest BCUT2D eigenvalue weighted by Crippen LogP contribution is -2.03. The van der Waals surface area contributed by atoms with Crippen molar-refractivity contribution in [3.8, 4) is 0 Å². The molecule has 60 valence electrons. The molecule has 0 saturated carbocycles. The molecule has 1 aromatic rings. The van der Waals surface area contributed by atoms with Gasteiger partial charge in [-0.3, -0.25) is 0 Å². The molecule has 6 N–H and O–H groups in total. The second-order valence-corrected chi connectivity index (χ2v) is 2.65. The number of hydrogen-bond acceptors (Lipinski definition) is 4. The molecule has 0 radical (unpaired) electrons. The minimum Gasteiger partial charge on any atom is -0.395 e. The monoisotopic (exact) mass is 192 g/mol. The fraction of sp³-hybridized carbons (Fsp3) is 0. The Balaban J connectivity index is 3.46. The Morgan fingerprint density at radius 3 is 1.55 bits per heavy atom. The predicted molar refractivity (Wildman–Crippen MR) is 47.5 cm³/mol. The van der Waals surface area contributed by atoms with Crippen LogP contribution in [0.15, 0.2) is 0 Å². The van der Waals surface area contributed by atoms with Gasteiger partial charge in [0.25, 0.3) is 0 Å². The second-order valence-electron chi connectivity index (χ2n) is 1.93. The summed E-state index contributed by atoms with van der Waals surface area (Å²) in [5, 5.41) is 0.142. The number of halogens is 2. The van der Waals surface area contributed by atoms with E-state index in [-0.39, 0.29) is 27.4 Å². The Morgan fingerprint density at radius 1 is 0.818 bits per heavy atom. The lowest BCUT2D eigenvalue weighted by atomic mass is 10.3. The van der Waals surface area contributed by atoms with E-state index < -0.39 is 0 Å². The predicted octanol–water partition coefficient (Wildman–Crippen LogP) is 1.14. The average molecular weight is 193 g/mol. The highest BCUT2D eigenvalue weighted by Crippen LogP contribution is 2.32. The summed E-state index contributed by atoms with van der Waals surface area (Å²) in [4.78, 5) is 3.63. The Morgan fingerprint density at radius 2 is 1.18 bits per heavy atom. The van der Waals surface area contributed by atoms with Crippen LogP contribution in [0.5, 0.6) is 0 Å². The first-order valence-electron chi connectivity index (χ1n) is 2.69. The number of pyridine rings is 1. The number of nitrogens with zero attached hydrogens (tertiary/aromatic N) is 1. The van der Waals surface area contributed by atoms with E-state index in [2.05, 4.69) is 4.98 Å². The molecule has 0 amide bonds. The van der Waals surface area contributed by atoms with Gasteiger partial charge in [-0.15, -0.1) is 0 Å². The Kier molecular flexibility index (Phi) is 1.97. The smallest absolute Gasteiger partial charge is 0.155 e. The third-order valence-corrected chi connectivity index (χ3v) is 1.80. The minimum absolute atomic E-state index is 0.0710. The topological polar surface area (TPSA) is 90.9 Å². The van der Waals surface area contributed by atoms with Gasteiger partial charge in [-0.2, -0.15) is 0 Å². The zero-order valence-corrected chi connectivity index (χ0v) is 6.95. The van der Waals surface area contributed by atoms with Crippen LogP contribution in [0, 0.1) is 0 Å². The van der Waals surface area contributed by atoms with Crippen LogP contribution in [0.25, 0.3) is 0 Å². The first kappa shape index (κ1) is 8.23. The van der Waals surface area contributed by atoms with Crippen molar-refractivity contribution in [3.05, 3.63) is 10.3 Å². The van der Waals surface area contributed by atoms with Crippen LogP contribution in [0.2, 0.25) is 10.3 Å². The highest BCUT2D eigenvalue weighted by atomic mass is 35.5. The largest absolute Gasteiger partial charge is 0.395 e. The van der Waals surface area contributed by atoms with Crippen molar-refractivity contribution in [1.29, 1.82) is 0 Å². The molecular weight excluding hydrogens is 187 g/mol. The number of hydrogen-bond donors (Lipinski definition) is 3. The van der Waals surface area contributed by atoms with Gasteiger partial charge in [0.2, 0.25) is 0 Å². The Hall–Kier alpha value is -0.870. The van der Waals surface area contributed by atoms with E-state index in [4.69, 9.17) is 40.4 Å². The zero-order valence-electron chi connectivity index (χ0n) is 5.44. The Bertz CT molecular complexity index is 273. The molecule has 0 bridgehead atoms. The summed E-state index contributed by atoms with van der Waals surface area (Å²) in [6, 6.07) is 0. The van der Waals surface area contributed by atoms with Crippen molar-refractivity contribution in [2.45, 2.75) is 0 Å². The molecule has 1 aromatic heterocycles. The van der Waals surface area contributed by atoms with Gasteiger partial charge in [0.1, 0.15) is 0 Å². The van der Waals surface area contributed by atoms with Crippen molar-refractivity contribution in [2.24, 2.45) is 0 Å². The number of nitrogen functional groups attached to an aromatic ring is 3. The van der Waals surface area contributed by atoms with Gasteiger partial charge in [-0.1, -0.05) is 23.2 Å². The summed E-state index contributed by atoms with van der Waals surface area (Å²) in [6.45, 7) is 0. The maximum atomic E-state index is 5.54. The van der Waals surface area contributed by atoms with Gasteiger partial charge in [0.15, 0.2) is 10.3 Å². The highest BCUT2D eigenvalue weighted by Gasteiger charge is 2.09. The van der Waals surface area contributed by atoms with Crippen molar-refractivity contribution < 1.29 is 0 Å². The SMILES string of the molecule is Nc1c(Cl)nc(Cl)c(N)c1N. The van der Waals surface area contributed by atoms with Crippen molar-refractivity contribution in [2.75, 3.05) is 17.2 Å². The lowest BCUT2D eigenvalue weighted by molar-refractivity contribution is 1.34. The molecule has 0 spiro atoms. The number of anilines is 3. The molecule has 1 heterocycles. The normalized spacial score (nSPS) is 10.0. The van der Waals surface area contributed by atoms with E-state index in [9.17, 15) is 0 Å². The van der Waals surface area contributed by atoms with Gasteiger partial charge in [0.05, 0.1) is 17.1 Å². The zero-order chi connectivity index (χ0) is 8.59. The fourth-order valence-electron chi connectivity index (χ4n) is 0.574. The van der Waals surface area contributed by atoms with Gasteiger partial charge >= 0.3 is 0 Å². The summed E-state index contributed by atoms with van der Waals surface area (Å²) in [6.07, 6.45) is 0. The second kappa shape index (κ2) is 2.64. The third kappa shape index (κ3) is 1.27. The molecule has 0 aliphatic heterocycles. The van der Waals surface area contributed by atoms with Crippen LogP contribution in [0.1, 0.15) is 0 Å². The van der Waals surface area contributed by atoms with Crippen LogP contribution in [0.4, 0.5) is 17.1 Å². The molecule has 11 heavy (non-hydrogen) atoms. The maximum absolute atomic E-state index is 5.54. The van der Waals surface area contributed by atoms with E-state index in [0.29, 0.717) is 0 Å². The van der Waals surface area contributed by atoms with E-state index in [1.165, 1.54) is 0 Å². The standard InChI is InChI=1S/C5H6Cl2N4/c6-4-2(9)1(8)3(10)5(7)11-4/h9-10H2,(H2,8,11). The van der Waals surface area contributed by atoms with Crippen molar-refractivity contribution in [1.82, 2.24) is 4.98 Å². The molecule has 0 saturated heterocycles. The minimum atomic E-state index is 0.0710. The third-order valence-electron chi connectivity index (χ3n) is 1.22. The summed E-state index contributed by atoms with van der Waals surface area (Å²) >= 11 is 11.1. The maximum Gasteiger partial charge on any atom is 0.155 e. The number of aromatic nitrogens is 1. The molecular formula is C5H6Cl2N4. The summed E-state index contributed by atoms with van der Waals surface area (Å²) < 4.78 is 0. The molecule has 0 unspecified atom stereocenters. The van der Waals surface area contributed by atoms with E-state index in [1.807, 2.05) is 0 Å². The highest BCUT2D eigenvalue weighted by molar-refractivity contribution is 6.36. The summed E-state index contributed by atoms with van der Waals surface area (Å²) in [7, 11) is 0. The molecule has 0 aliphatic carbocycles.